The molecular formula is C27H29N3O. The Morgan fingerprint density at radius 3 is 2.58 bits per heavy atom. The Labute approximate surface area is 184 Å². The van der Waals surface area contributed by atoms with Crippen LogP contribution in [0, 0.1) is 24.2 Å². The van der Waals surface area contributed by atoms with Crippen molar-refractivity contribution in [1.29, 1.82) is 5.26 Å². The van der Waals surface area contributed by atoms with Gasteiger partial charge in [-0.05, 0) is 43.4 Å². The Balaban J connectivity index is 1.69. The Morgan fingerprint density at radius 2 is 1.84 bits per heavy atom. The number of hydrogen-bond donors (Lipinski definition) is 1. The number of nitrogens with one attached hydrogen (secondary N) is 1. The van der Waals surface area contributed by atoms with E-state index >= 15 is 0 Å². The average molecular weight is 412 g/mol. The highest BCUT2D eigenvalue weighted by Crippen LogP contribution is 2.29. The van der Waals surface area contributed by atoms with Gasteiger partial charge in [-0.3, -0.25) is 4.79 Å². The topological polar surface area (TPSA) is 57.8 Å². The molecule has 31 heavy (non-hydrogen) atoms. The van der Waals surface area contributed by atoms with E-state index < -0.39 is 0 Å². The molecule has 3 aromatic rings. The molecule has 0 saturated heterocycles. The summed E-state index contributed by atoms with van der Waals surface area (Å²) in [5, 5.41) is 13.9. The number of benzene rings is 2. The second-order valence-corrected chi connectivity index (χ2v) is 8.60. The molecule has 0 aliphatic heterocycles. The number of para-hydroxylation sites is 1. The minimum atomic E-state index is -0.263. The standard InChI is InChI=1S/C27H29N3O/c1-19-10-6-8-14-25(19)29-27(31)22(17-28)16-24-20(2)30(18-21-11-4-3-5-12-21)26-15-9-7-13-23(24)26/h3-5,7,9,11-13,15-16,19,25H,6,8,10,14,18H2,1-2H3,(H,29,31)/b22-16+/t19-,25+/m1/s1. The summed E-state index contributed by atoms with van der Waals surface area (Å²) < 4.78 is 2.26. The van der Waals surface area contributed by atoms with Gasteiger partial charge in [-0.2, -0.15) is 5.26 Å². The molecule has 0 bridgehead atoms. The minimum absolute atomic E-state index is 0.151. The predicted molar refractivity (Wildman–Crippen MR) is 125 cm³/mol. The summed E-state index contributed by atoms with van der Waals surface area (Å²) in [5.74, 6) is 0.188. The van der Waals surface area contributed by atoms with Crippen molar-refractivity contribution >= 4 is 22.9 Å². The van der Waals surface area contributed by atoms with Gasteiger partial charge in [0.1, 0.15) is 11.6 Å². The van der Waals surface area contributed by atoms with Crippen molar-refractivity contribution in [2.75, 3.05) is 0 Å². The maximum absolute atomic E-state index is 12.9. The Hall–Kier alpha value is -3.32. The molecule has 1 heterocycles. The van der Waals surface area contributed by atoms with E-state index in [1.54, 1.807) is 6.08 Å². The van der Waals surface area contributed by atoms with Crippen LogP contribution < -0.4 is 5.32 Å². The van der Waals surface area contributed by atoms with Crippen molar-refractivity contribution in [2.45, 2.75) is 52.1 Å². The molecule has 2 atom stereocenters. The molecule has 0 spiro atoms. The molecule has 1 saturated carbocycles. The first-order valence-corrected chi connectivity index (χ1v) is 11.1. The molecule has 4 nitrogen and oxygen atoms in total. The highest BCUT2D eigenvalue weighted by atomic mass is 16.1. The van der Waals surface area contributed by atoms with E-state index in [9.17, 15) is 10.1 Å². The fourth-order valence-corrected chi connectivity index (χ4v) is 4.68. The average Bonchev–Trinajstić information content (AvgIpc) is 3.05. The second-order valence-electron chi connectivity index (χ2n) is 8.60. The highest BCUT2D eigenvalue weighted by Gasteiger charge is 2.24. The molecule has 4 heteroatoms. The lowest BCUT2D eigenvalue weighted by atomic mass is 9.86. The summed E-state index contributed by atoms with van der Waals surface area (Å²) in [6, 6.07) is 20.8. The molecule has 1 fully saturated rings. The Kier molecular flexibility index (Phi) is 6.23. The molecule has 0 radical (unpaired) electrons. The fourth-order valence-electron chi connectivity index (χ4n) is 4.68. The van der Waals surface area contributed by atoms with Gasteiger partial charge in [0.15, 0.2) is 0 Å². The van der Waals surface area contributed by atoms with Crippen LogP contribution in [0.1, 0.15) is 49.4 Å². The third-order valence-electron chi connectivity index (χ3n) is 6.54. The fraction of sp³-hybridized carbons (Fsp3) is 0.333. The van der Waals surface area contributed by atoms with E-state index in [1.165, 1.54) is 12.0 Å². The third kappa shape index (κ3) is 4.41. The lowest BCUT2D eigenvalue weighted by Gasteiger charge is -2.29. The maximum atomic E-state index is 12.9. The Bertz CT molecular complexity index is 1150. The van der Waals surface area contributed by atoms with Crippen LogP contribution in [-0.2, 0) is 11.3 Å². The van der Waals surface area contributed by atoms with Crippen molar-refractivity contribution in [3.8, 4) is 6.07 Å². The van der Waals surface area contributed by atoms with E-state index in [0.717, 1.165) is 48.0 Å². The van der Waals surface area contributed by atoms with Crippen LogP contribution in [0.15, 0.2) is 60.2 Å². The summed E-state index contributed by atoms with van der Waals surface area (Å²) in [6.45, 7) is 4.99. The molecule has 1 aliphatic rings. The van der Waals surface area contributed by atoms with Crippen molar-refractivity contribution in [2.24, 2.45) is 5.92 Å². The summed E-state index contributed by atoms with van der Waals surface area (Å²) in [7, 11) is 0. The number of nitriles is 1. The first-order valence-electron chi connectivity index (χ1n) is 11.1. The number of hydrogen-bond acceptors (Lipinski definition) is 2. The molecule has 1 aromatic heterocycles. The highest BCUT2D eigenvalue weighted by molar-refractivity contribution is 6.04. The van der Waals surface area contributed by atoms with E-state index in [-0.39, 0.29) is 17.5 Å². The van der Waals surface area contributed by atoms with Gasteiger partial charge < -0.3 is 9.88 Å². The van der Waals surface area contributed by atoms with E-state index in [2.05, 4.69) is 54.1 Å². The van der Waals surface area contributed by atoms with Crippen molar-refractivity contribution < 1.29 is 4.79 Å². The van der Waals surface area contributed by atoms with Gasteiger partial charge in [0, 0.05) is 34.7 Å². The maximum Gasteiger partial charge on any atom is 0.262 e. The molecule has 0 unspecified atom stereocenters. The normalized spacial score (nSPS) is 19.2. The molecular weight excluding hydrogens is 382 g/mol. The van der Waals surface area contributed by atoms with Gasteiger partial charge in [0.25, 0.3) is 5.91 Å². The van der Waals surface area contributed by atoms with Crippen LogP contribution in [-0.4, -0.2) is 16.5 Å². The molecule has 158 valence electrons. The number of carbonyl (C=O) groups is 1. The summed E-state index contributed by atoms with van der Waals surface area (Å²) in [4.78, 5) is 12.9. The van der Waals surface area contributed by atoms with E-state index in [1.807, 2.05) is 30.3 Å². The predicted octanol–water partition coefficient (Wildman–Crippen LogP) is 5.60. The van der Waals surface area contributed by atoms with Gasteiger partial charge in [0.2, 0.25) is 0 Å². The van der Waals surface area contributed by atoms with Crippen LogP contribution in [0.5, 0.6) is 0 Å². The van der Waals surface area contributed by atoms with Gasteiger partial charge in [0.05, 0.1) is 0 Å². The zero-order chi connectivity index (χ0) is 21.8. The lowest BCUT2D eigenvalue weighted by Crippen LogP contribution is -2.41. The van der Waals surface area contributed by atoms with Crippen molar-refractivity contribution in [1.82, 2.24) is 9.88 Å². The van der Waals surface area contributed by atoms with Gasteiger partial charge in [-0.1, -0.05) is 68.3 Å². The summed E-state index contributed by atoms with van der Waals surface area (Å²) in [5.41, 5.74) is 4.48. The van der Waals surface area contributed by atoms with E-state index in [4.69, 9.17) is 0 Å². The number of amides is 1. The van der Waals surface area contributed by atoms with Gasteiger partial charge in [-0.15, -0.1) is 0 Å². The first-order chi connectivity index (χ1) is 15.1. The molecule has 2 aromatic carbocycles. The quantitative estimate of drug-likeness (QED) is 0.439. The van der Waals surface area contributed by atoms with Crippen LogP contribution in [0.4, 0.5) is 0 Å². The largest absolute Gasteiger partial charge is 0.348 e. The van der Waals surface area contributed by atoms with Crippen LogP contribution in [0.2, 0.25) is 0 Å². The van der Waals surface area contributed by atoms with Gasteiger partial charge >= 0.3 is 0 Å². The third-order valence-corrected chi connectivity index (χ3v) is 6.54. The number of carbonyl (C=O) groups excluding carboxylic acids is 1. The lowest BCUT2D eigenvalue weighted by molar-refractivity contribution is -0.118. The van der Waals surface area contributed by atoms with Crippen LogP contribution >= 0.6 is 0 Å². The molecule has 1 amide bonds. The second kappa shape index (κ2) is 9.22. The molecule has 4 rings (SSSR count). The van der Waals surface area contributed by atoms with Crippen LogP contribution in [0.25, 0.3) is 17.0 Å². The van der Waals surface area contributed by atoms with Crippen molar-refractivity contribution in [3.05, 3.63) is 77.0 Å². The van der Waals surface area contributed by atoms with Crippen LogP contribution in [0.3, 0.4) is 0 Å². The smallest absolute Gasteiger partial charge is 0.262 e. The Morgan fingerprint density at radius 1 is 1.13 bits per heavy atom. The number of rotatable bonds is 5. The summed E-state index contributed by atoms with van der Waals surface area (Å²) in [6.07, 6.45) is 6.23. The number of nitrogens with zero attached hydrogens (tertiary/aromatic N) is 2. The first kappa shape index (κ1) is 20.9. The zero-order valence-corrected chi connectivity index (χ0v) is 18.3. The SMILES string of the molecule is Cc1c(/C=C(\C#N)C(=O)N[C@H]2CCCC[C@H]2C)c2ccccc2n1Cc1ccccc1. The van der Waals surface area contributed by atoms with Gasteiger partial charge in [-0.25, -0.2) is 0 Å². The summed E-state index contributed by atoms with van der Waals surface area (Å²) >= 11 is 0. The van der Waals surface area contributed by atoms with E-state index in [0.29, 0.717) is 5.92 Å². The molecule has 1 N–H and O–H groups in total. The number of fused-ring (bicyclic) bond motifs is 1. The monoisotopic (exact) mass is 411 g/mol. The minimum Gasteiger partial charge on any atom is -0.348 e. The molecule has 1 aliphatic carbocycles. The number of aromatic nitrogens is 1. The zero-order valence-electron chi connectivity index (χ0n) is 18.3. The van der Waals surface area contributed by atoms with Crippen molar-refractivity contribution in [3.63, 3.8) is 0 Å².